The average Bonchev–Trinajstić information content (AvgIpc) is 3.01. The summed E-state index contributed by atoms with van der Waals surface area (Å²) in [6.07, 6.45) is 0.240. The number of carbonyl (C=O) groups excluding carboxylic acids is 1. The molecule has 0 saturated heterocycles. The highest BCUT2D eigenvalue weighted by Gasteiger charge is 2.08. The molecule has 0 unspecified atom stereocenters. The fourth-order valence-corrected chi connectivity index (χ4v) is 2.58. The number of fused-ring (bicyclic) bond motifs is 1. The third-order valence-corrected chi connectivity index (χ3v) is 3.85. The van der Waals surface area contributed by atoms with Gasteiger partial charge in [-0.15, -0.1) is 0 Å². The van der Waals surface area contributed by atoms with E-state index in [1.54, 1.807) is 6.07 Å². The van der Waals surface area contributed by atoms with Crippen LogP contribution in [0.3, 0.4) is 0 Å². The number of aryl methyl sites for hydroxylation is 3. The maximum atomic E-state index is 11.9. The summed E-state index contributed by atoms with van der Waals surface area (Å²) in [5.74, 6) is 0.658. The first-order valence-corrected chi connectivity index (χ1v) is 7.27. The van der Waals surface area contributed by atoms with Gasteiger partial charge in [0.1, 0.15) is 5.76 Å². The van der Waals surface area contributed by atoms with Crippen LogP contribution in [0.25, 0.3) is 10.9 Å². The highest BCUT2D eigenvalue weighted by Crippen LogP contribution is 2.19. The zero-order valence-electron chi connectivity index (χ0n) is 13.0. The van der Waals surface area contributed by atoms with Crippen molar-refractivity contribution in [3.8, 4) is 0 Å². The van der Waals surface area contributed by atoms with Gasteiger partial charge in [-0.3, -0.25) is 4.79 Å². The van der Waals surface area contributed by atoms with Crippen LogP contribution in [0.1, 0.15) is 22.7 Å². The molecule has 0 saturated carbocycles. The summed E-state index contributed by atoms with van der Waals surface area (Å²) in [5, 5.41) is 7.93. The van der Waals surface area contributed by atoms with Gasteiger partial charge in [0.2, 0.25) is 5.91 Å². The van der Waals surface area contributed by atoms with Gasteiger partial charge in [0, 0.05) is 36.3 Å². The van der Waals surface area contributed by atoms with Crippen molar-refractivity contribution in [2.24, 2.45) is 7.05 Å². The summed E-state index contributed by atoms with van der Waals surface area (Å²) < 4.78 is 7.11. The van der Waals surface area contributed by atoms with Crippen molar-refractivity contribution in [3.63, 3.8) is 0 Å². The van der Waals surface area contributed by atoms with Crippen LogP contribution in [0.5, 0.6) is 0 Å². The van der Waals surface area contributed by atoms with Crippen molar-refractivity contribution >= 4 is 16.8 Å². The molecule has 0 atom stereocenters. The quantitative estimate of drug-likeness (QED) is 0.805. The Kier molecular flexibility index (Phi) is 3.71. The van der Waals surface area contributed by atoms with Gasteiger partial charge in [-0.2, -0.15) is 0 Å². The van der Waals surface area contributed by atoms with Gasteiger partial charge >= 0.3 is 0 Å². The third kappa shape index (κ3) is 2.88. The number of nitrogens with one attached hydrogen (secondary N) is 1. The van der Waals surface area contributed by atoms with Crippen molar-refractivity contribution in [3.05, 3.63) is 53.0 Å². The first kappa shape index (κ1) is 14.4. The number of nitrogens with zero attached hydrogens (tertiary/aromatic N) is 2. The summed E-state index contributed by atoms with van der Waals surface area (Å²) in [5.41, 5.74) is 4.16. The standard InChI is InChI=1S/C17H19N3O2/c1-11-6-14-8-13(4-5-16(14)20(11)3)10-18-17(21)9-15-7-12(2)22-19-15/h4-8H,9-10H2,1-3H3,(H,18,21). The minimum Gasteiger partial charge on any atom is -0.361 e. The summed E-state index contributed by atoms with van der Waals surface area (Å²) >= 11 is 0. The molecule has 3 aromatic rings. The van der Waals surface area contributed by atoms with Gasteiger partial charge < -0.3 is 14.4 Å². The Balaban J connectivity index is 1.64. The maximum Gasteiger partial charge on any atom is 0.226 e. The van der Waals surface area contributed by atoms with E-state index in [2.05, 4.69) is 47.2 Å². The van der Waals surface area contributed by atoms with Gasteiger partial charge in [-0.25, -0.2) is 0 Å². The highest BCUT2D eigenvalue weighted by molar-refractivity contribution is 5.82. The predicted octanol–water partition coefficient (Wildman–Crippen LogP) is 2.64. The molecule has 1 amide bonds. The molecule has 1 N–H and O–H groups in total. The molecule has 22 heavy (non-hydrogen) atoms. The number of aromatic nitrogens is 2. The second-order valence-corrected chi connectivity index (χ2v) is 5.62. The fourth-order valence-electron chi connectivity index (χ4n) is 2.58. The molecule has 0 fully saturated rings. The average molecular weight is 297 g/mol. The second-order valence-electron chi connectivity index (χ2n) is 5.62. The molecule has 2 aromatic heterocycles. The molecule has 2 heterocycles. The van der Waals surface area contributed by atoms with E-state index in [1.165, 1.54) is 16.6 Å². The zero-order valence-corrected chi connectivity index (χ0v) is 13.0. The van der Waals surface area contributed by atoms with Crippen LogP contribution in [0.15, 0.2) is 34.9 Å². The highest BCUT2D eigenvalue weighted by atomic mass is 16.5. The molecule has 0 radical (unpaired) electrons. The van der Waals surface area contributed by atoms with Gasteiger partial charge in [0.15, 0.2) is 0 Å². The van der Waals surface area contributed by atoms with Gasteiger partial charge in [-0.05, 0) is 37.6 Å². The van der Waals surface area contributed by atoms with E-state index >= 15 is 0 Å². The van der Waals surface area contributed by atoms with E-state index in [1.807, 2.05) is 13.0 Å². The van der Waals surface area contributed by atoms with E-state index in [9.17, 15) is 4.79 Å². The second kappa shape index (κ2) is 5.67. The summed E-state index contributed by atoms with van der Waals surface area (Å²) in [4.78, 5) is 11.9. The fraction of sp³-hybridized carbons (Fsp3) is 0.294. The number of hydrogen-bond donors (Lipinski definition) is 1. The van der Waals surface area contributed by atoms with Crippen LogP contribution < -0.4 is 5.32 Å². The van der Waals surface area contributed by atoms with E-state index < -0.39 is 0 Å². The van der Waals surface area contributed by atoms with Crippen LogP contribution in [-0.4, -0.2) is 15.6 Å². The summed E-state index contributed by atoms with van der Waals surface area (Å²) in [7, 11) is 2.05. The zero-order chi connectivity index (χ0) is 15.7. The Morgan fingerprint density at radius 2 is 2.09 bits per heavy atom. The normalized spacial score (nSPS) is 11.0. The van der Waals surface area contributed by atoms with E-state index in [0.717, 1.165) is 5.56 Å². The van der Waals surface area contributed by atoms with Crippen molar-refractivity contribution in [1.29, 1.82) is 0 Å². The Hall–Kier alpha value is -2.56. The number of benzene rings is 1. The van der Waals surface area contributed by atoms with Crippen molar-refractivity contribution in [2.75, 3.05) is 0 Å². The number of carbonyl (C=O) groups is 1. The lowest BCUT2D eigenvalue weighted by molar-refractivity contribution is -0.120. The molecule has 5 heteroatoms. The van der Waals surface area contributed by atoms with Gasteiger partial charge in [-0.1, -0.05) is 11.2 Å². The smallest absolute Gasteiger partial charge is 0.226 e. The van der Waals surface area contributed by atoms with E-state index in [4.69, 9.17) is 4.52 Å². The Morgan fingerprint density at radius 1 is 1.27 bits per heavy atom. The van der Waals surface area contributed by atoms with Crippen LogP contribution in [0.4, 0.5) is 0 Å². The molecule has 0 spiro atoms. The SMILES string of the molecule is Cc1cc(CC(=O)NCc2ccc3c(c2)cc(C)n3C)no1. The monoisotopic (exact) mass is 297 g/mol. The Labute approximate surface area is 128 Å². The minimum absolute atomic E-state index is 0.0577. The lowest BCUT2D eigenvalue weighted by Crippen LogP contribution is -2.24. The number of rotatable bonds is 4. The molecule has 0 aliphatic heterocycles. The first-order valence-electron chi connectivity index (χ1n) is 7.27. The molecule has 1 aromatic carbocycles. The summed E-state index contributed by atoms with van der Waals surface area (Å²) in [6.45, 7) is 4.41. The molecule has 5 nitrogen and oxygen atoms in total. The van der Waals surface area contributed by atoms with Crippen LogP contribution in [-0.2, 0) is 24.8 Å². The van der Waals surface area contributed by atoms with E-state index in [0.29, 0.717) is 18.0 Å². The molecular weight excluding hydrogens is 278 g/mol. The van der Waals surface area contributed by atoms with Crippen LogP contribution in [0, 0.1) is 13.8 Å². The molecule has 0 bridgehead atoms. The number of amides is 1. The third-order valence-electron chi connectivity index (χ3n) is 3.85. The Bertz CT molecular complexity index is 830. The van der Waals surface area contributed by atoms with Crippen LogP contribution >= 0.6 is 0 Å². The molecular formula is C17H19N3O2. The maximum absolute atomic E-state index is 11.9. The van der Waals surface area contributed by atoms with Gasteiger partial charge in [0.25, 0.3) is 0 Å². The van der Waals surface area contributed by atoms with Gasteiger partial charge in [0.05, 0.1) is 12.1 Å². The molecule has 0 aliphatic rings. The first-order chi connectivity index (χ1) is 10.5. The molecule has 0 aliphatic carbocycles. The molecule has 3 rings (SSSR count). The van der Waals surface area contributed by atoms with E-state index in [-0.39, 0.29) is 12.3 Å². The van der Waals surface area contributed by atoms with Crippen molar-refractivity contribution in [1.82, 2.24) is 15.0 Å². The lowest BCUT2D eigenvalue weighted by Gasteiger charge is -2.05. The summed E-state index contributed by atoms with van der Waals surface area (Å²) in [6, 6.07) is 10.2. The predicted molar refractivity (Wildman–Crippen MR) is 84.4 cm³/mol. The topological polar surface area (TPSA) is 60.1 Å². The lowest BCUT2D eigenvalue weighted by atomic mass is 10.1. The largest absolute Gasteiger partial charge is 0.361 e. The van der Waals surface area contributed by atoms with Crippen molar-refractivity contribution in [2.45, 2.75) is 26.8 Å². The Morgan fingerprint density at radius 3 is 2.82 bits per heavy atom. The minimum atomic E-state index is -0.0577. The number of hydrogen-bond acceptors (Lipinski definition) is 3. The molecule has 114 valence electrons. The van der Waals surface area contributed by atoms with Crippen LogP contribution in [0.2, 0.25) is 0 Å². The van der Waals surface area contributed by atoms with Crippen molar-refractivity contribution < 1.29 is 9.32 Å².